The molecule has 1 fully saturated rings. The van der Waals surface area contributed by atoms with Gasteiger partial charge in [-0.15, -0.1) is 0 Å². The minimum absolute atomic E-state index is 0.0799. The average Bonchev–Trinajstić information content (AvgIpc) is 3.78. The standard InChI is InChI=1S/C41H53Cl2N3O9/c1-22(2)32-37(49)44-29(20-25-18-27(42)33(47)28(43)19-25)36(48)45-35(40(5,6)52)38(50)54-34(26-16-11-10-12-17-26)24(4)15-13-14-23(3)30(53-9)21-31-41(7,55-31)39(51)46(32)8/h10-19,22,24,29-32,34-35,47,52H,20-21H2,1-9H3,(H,44,49)(H,45,48)/b15-13+,23-14+. The number of hydrogen-bond donors (Lipinski definition) is 4. The molecule has 0 radical (unpaired) electrons. The number of phenolic OH excluding ortho intramolecular Hbond substituents is 1. The zero-order valence-electron chi connectivity index (χ0n) is 32.8. The van der Waals surface area contributed by atoms with Crippen molar-refractivity contribution >= 4 is 46.9 Å². The number of esters is 1. The van der Waals surface area contributed by atoms with Crippen LogP contribution in [-0.4, -0.2) is 94.5 Å². The van der Waals surface area contributed by atoms with Crippen molar-refractivity contribution in [3.8, 4) is 5.75 Å². The van der Waals surface area contributed by atoms with Crippen molar-refractivity contribution in [3.63, 3.8) is 0 Å². The fourth-order valence-electron chi connectivity index (χ4n) is 6.90. The first-order valence-electron chi connectivity index (χ1n) is 18.3. The van der Waals surface area contributed by atoms with Gasteiger partial charge < -0.3 is 40.0 Å². The van der Waals surface area contributed by atoms with Crippen LogP contribution in [0.5, 0.6) is 5.75 Å². The average molecular weight is 803 g/mol. The Morgan fingerprint density at radius 3 is 2.24 bits per heavy atom. The second-order valence-corrected chi connectivity index (χ2v) is 16.3. The third-order valence-corrected chi connectivity index (χ3v) is 10.8. The number of carbonyl (C=O) groups excluding carboxylic acids is 4. The Bertz CT molecular complexity index is 1770. The van der Waals surface area contributed by atoms with E-state index < -0.39 is 77.2 Å². The molecule has 0 saturated carbocycles. The molecule has 1 saturated heterocycles. The summed E-state index contributed by atoms with van der Waals surface area (Å²) in [5.74, 6) is -3.98. The van der Waals surface area contributed by atoms with Crippen molar-refractivity contribution < 1.29 is 43.6 Å². The number of likely N-dealkylation sites (N-methyl/N-ethyl adjacent to an activating group) is 1. The van der Waals surface area contributed by atoms with Gasteiger partial charge in [-0.1, -0.05) is 92.5 Å². The van der Waals surface area contributed by atoms with E-state index >= 15 is 0 Å². The molecule has 2 heterocycles. The van der Waals surface area contributed by atoms with Gasteiger partial charge in [0.05, 0.1) is 27.9 Å². The van der Waals surface area contributed by atoms with Gasteiger partial charge >= 0.3 is 5.97 Å². The highest BCUT2D eigenvalue weighted by molar-refractivity contribution is 6.37. The van der Waals surface area contributed by atoms with Crippen LogP contribution in [0, 0.1) is 11.8 Å². The minimum atomic E-state index is -1.83. The van der Waals surface area contributed by atoms with Crippen molar-refractivity contribution in [2.45, 2.75) is 109 Å². The molecule has 8 atom stereocenters. The number of hydrogen-bond acceptors (Lipinski definition) is 9. The van der Waals surface area contributed by atoms with Gasteiger partial charge in [-0.2, -0.15) is 0 Å². The van der Waals surface area contributed by atoms with E-state index in [1.807, 2.05) is 62.4 Å². The van der Waals surface area contributed by atoms with Crippen LogP contribution in [0.3, 0.4) is 0 Å². The van der Waals surface area contributed by atoms with Crippen LogP contribution in [0.4, 0.5) is 0 Å². The Labute approximate surface area is 333 Å². The predicted molar refractivity (Wildman–Crippen MR) is 209 cm³/mol. The number of methoxy groups -OCH3 is 1. The number of aromatic hydroxyl groups is 1. The molecule has 2 aromatic rings. The Balaban J connectivity index is 1.82. The molecule has 0 aromatic heterocycles. The number of cyclic esters (lactones) is 1. The minimum Gasteiger partial charge on any atom is -0.505 e. The summed E-state index contributed by atoms with van der Waals surface area (Å²) >= 11 is 12.4. The van der Waals surface area contributed by atoms with E-state index in [0.717, 1.165) is 5.57 Å². The smallest absolute Gasteiger partial charge is 0.332 e. The van der Waals surface area contributed by atoms with Crippen LogP contribution < -0.4 is 10.6 Å². The van der Waals surface area contributed by atoms with Gasteiger partial charge in [-0.05, 0) is 62.4 Å². The molecular formula is C41H53Cl2N3O9. The van der Waals surface area contributed by atoms with E-state index in [9.17, 15) is 29.4 Å². The van der Waals surface area contributed by atoms with Gasteiger partial charge in [0, 0.05) is 32.9 Å². The van der Waals surface area contributed by atoms with Crippen LogP contribution in [0.1, 0.15) is 72.1 Å². The van der Waals surface area contributed by atoms with Gasteiger partial charge in [0.15, 0.2) is 17.4 Å². The van der Waals surface area contributed by atoms with E-state index in [-0.39, 0.29) is 28.1 Å². The summed E-state index contributed by atoms with van der Waals surface area (Å²) in [6.07, 6.45) is 4.08. The number of benzene rings is 2. The lowest BCUT2D eigenvalue weighted by Gasteiger charge is -2.34. The molecule has 2 aromatic carbocycles. The fourth-order valence-corrected chi connectivity index (χ4v) is 7.43. The number of nitrogens with one attached hydrogen (secondary N) is 2. The second kappa shape index (κ2) is 17.9. The zero-order valence-corrected chi connectivity index (χ0v) is 34.3. The summed E-state index contributed by atoms with van der Waals surface area (Å²) in [5, 5.41) is 26.7. The molecule has 0 bridgehead atoms. The Morgan fingerprint density at radius 2 is 1.67 bits per heavy atom. The number of carbonyl (C=O) groups is 4. The highest BCUT2D eigenvalue weighted by Gasteiger charge is 2.61. The molecule has 55 heavy (non-hydrogen) atoms. The molecule has 0 aliphatic carbocycles. The summed E-state index contributed by atoms with van der Waals surface area (Å²) < 4.78 is 17.9. The van der Waals surface area contributed by atoms with E-state index in [1.165, 1.54) is 37.9 Å². The van der Waals surface area contributed by atoms with Gasteiger partial charge in [0.1, 0.15) is 18.2 Å². The van der Waals surface area contributed by atoms with Gasteiger partial charge in [-0.3, -0.25) is 14.4 Å². The number of allylic oxidation sites excluding steroid dienone is 2. The van der Waals surface area contributed by atoms with Gasteiger partial charge in [0.2, 0.25) is 11.8 Å². The van der Waals surface area contributed by atoms with Crippen molar-refractivity contribution in [1.82, 2.24) is 15.5 Å². The molecule has 4 N–H and O–H groups in total. The molecule has 2 aliphatic heterocycles. The summed E-state index contributed by atoms with van der Waals surface area (Å²) in [4.78, 5) is 57.9. The van der Waals surface area contributed by atoms with E-state index in [0.29, 0.717) is 17.5 Å². The highest BCUT2D eigenvalue weighted by atomic mass is 35.5. The Morgan fingerprint density at radius 1 is 1.05 bits per heavy atom. The predicted octanol–water partition coefficient (Wildman–Crippen LogP) is 5.46. The monoisotopic (exact) mass is 801 g/mol. The first kappa shape index (κ1) is 43.8. The molecule has 4 rings (SSSR count). The Hall–Kier alpha value is -3.94. The molecule has 14 heteroatoms. The molecule has 12 nitrogen and oxygen atoms in total. The van der Waals surface area contributed by atoms with Crippen molar-refractivity contribution in [3.05, 3.63) is 87.4 Å². The van der Waals surface area contributed by atoms with Crippen LogP contribution in [-0.2, 0) is 39.8 Å². The molecule has 3 amide bonds. The molecule has 2 aliphatic rings. The van der Waals surface area contributed by atoms with Crippen LogP contribution in [0.25, 0.3) is 0 Å². The van der Waals surface area contributed by atoms with E-state index in [4.69, 9.17) is 37.4 Å². The van der Waals surface area contributed by atoms with Crippen molar-refractivity contribution in [2.75, 3.05) is 14.2 Å². The topological polar surface area (TPSA) is 167 Å². The first-order chi connectivity index (χ1) is 25.7. The lowest BCUT2D eigenvalue weighted by Crippen LogP contribution is -2.61. The summed E-state index contributed by atoms with van der Waals surface area (Å²) in [7, 11) is 3.09. The number of rotatable bonds is 6. The Kier molecular flexibility index (Phi) is 14.2. The quantitative estimate of drug-likeness (QED) is 0.219. The third-order valence-electron chi connectivity index (χ3n) is 10.2. The summed E-state index contributed by atoms with van der Waals surface area (Å²) in [5.41, 5.74) is -1.13. The van der Waals surface area contributed by atoms with Gasteiger partial charge in [-0.25, -0.2) is 4.79 Å². The number of aliphatic hydroxyl groups is 1. The maximum Gasteiger partial charge on any atom is 0.332 e. The number of nitrogens with zero attached hydrogens (tertiary/aromatic N) is 1. The van der Waals surface area contributed by atoms with Crippen molar-refractivity contribution in [1.29, 1.82) is 0 Å². The lowest BCUT2D eigenvalue weighted by molar-refractivity contribution is -0.162. The molecule has 0 spiro atoms. The third kappa shape index (κ3) is 10.5. The summed E-state index contributed by atoms with van der Waals surface area (Å²) in [6, 6.07) is 7.86. The fraction of sp³-hybridized carbons (Fsp3) is 0.512. The SMILES string of the molecule is COC1CC2OC2(C)C(=O)N(C)C(C(C)C)C(=O)NC(Cc2cc(Cl)c(O)c(Cl)c2)C(=O)NC(C(C)(C)O)C(=O)OC(c2ccccc2)C(C)/C=C/C=C/1C. The van der Waals surface area contributed by atoms with Crippen LogP contribution >= 0.6 is 23.2 Å². The number of amides is 3. The molecular weight excluding hydrogens is 749 g/mol. The summed E-state index contributed by atoms with van der Waals surface area (Å²) in [6.45, 7) is 11.7. The van der Waals surface area contributed by atoms with Crippen molar-refractivity contribution in [2.24, 2.45) is 11.8 Å². The molecule has 300 valence electrons. The van der Waals surface area contributed by atoms with Gasteiger partial charge in [0.25, 0.3) is 5.91 Å². The number of halogens is 2. The zero-order chi connectivity index (χ0) is 41.0. The normalized spacial score (nSPS) is 30.6. The first-order valence-corrected chi connectivity index (χ1v) is 19.0. The number of fused-ring (bicyclic) bond motifs is 1. The number of epoxide rings is 1. The maximum atomic E-state index is 14.3. The lowest BCUT2D eigenvalue weighted by atomic mass is 9.94. The molecule has 8 unspecified atom stereocenters. The van der Waals surface area contributed by atoms with Crippen LogP contribution in [0.15, 0.2) is 66.3 Å². The van der Waals surface area contributed by atoms with Crippen LogP contribution in [0.2, 0.25) is 10.0 Å². The maximum absolute atomic E-state index is 14.3. The number of ether oxygens (including phenoxy) is 3. The highest BCUT2D eigenvalue weighted by Crippen LogP contribution is 2.42. The second-order valence-electron chi connectivity index (χ2n) is 15.5. The largest absolute Gasteiger partial charge is 0.505 e. The van der Waals surface area contributed by atoms with E-state index in [1.54, 1.807) is 27.9 Å². The number of phenols is 1. The van der Waals surface area contributed by atoms with E-state index in [2.05, 4.69) is 10.6 Å².